The highest BCUT2D eigenvalue weighted by Crippen LogP contribution is 2.36. The zero-order valence-corrected chi connectivity index (χ0v) is 21.2. The van der Waals surface area contributed by atoms with Crippen LogP contribution >= 0.6 is 11.3 Å². The first-order chi connectivity index (χ1) is 15.5. The number of benzene rings is 1. The summed E-state index contributed by atoms with van der Waals surface area (Å²) in [7, 11) is -5.70. The van der Waals surface area contributed by atoms with E-state index in [-0.39, 0.29) is 29.1 Å². The van der Waals surface area contributed by atoms with Crippen molar-refractivity contribution in [3.8, 4) is 11.1 Å². The van der Waals surface area contributed by atoms with Gasteiger partial charge in [0.2, 0.25) is 0 Å². The number of rotatable bonds is 11. The molecular formula is C21H26N2O7S3. The first-order valence-corrected chi connectivity index (χ1v) is 14.3. The van der Waals surface area contributed by atoms with E-state index in [9.17, 15) is 16.8 Å². The SMILES string of the molecule is COCCOCN(c1noc(C)c1C)S(=O)(=O)c1sccc1-c1ccc(CS(C)(=O)=O)cc1. The van der Waals surface area contributed by atoms with Gasteiger partial charge in [-0.1, -0.05) is 29.4 Å². The van der Waals surface area contributed by atoms with E-state index in [1.807, 2.05) is 0 Å². The predicted octanol–water partition coefficient (Wildman–Crippen LogP) is 3.38. The molecule has 2 heterocycles. The van der Waals surface area contributed by atoms with E-state index in [0.717, 1.165) is 15.6 Å². The van der Waals surface area contributed by atoms with Crippen LogP contribution in [0, 0.1) is 13.8 Å². The Morgan fingerprint density at radius 1 is 1.06 bits per heavy atom. The quantitative estimate of drug-likeness (QED) is 0.282. The Morgan fingerprint density at radius 2 is 1.76 bits per heavy atom. The summed E-state index contributed by atoms with van der Waals surface area (Å²) in [6.45, 7) is 3.70. The van der Waals surface area contributed by atoms with E-state index in [1.54, 1.807) is 49.6 Å². The van der Waals surface area contributed by atoms with Crippen LogP contribution < -0.4 is 4.31 Å². The van der Waals surface area contributed by atoms with Gasteiger partial charge in [-0.2, -0.15) is 0 Å². The Morgan fingerprint density at radius 3 is 2.33 bits per heavy atom. The lowest BCUT2D eigenvalue weighted by Gasteiger charge is -2.22. The monoisotopic (exact) mass is 514 g/mol. The molecular weight excluding hydrogens is 488 g/mol. The number of anilines is 1. The van der Waals surface area contributed by atoms with Crippen LogP contribution in [-0.2, 0) is 35.1 Å². The number of aromatic nitrogens is 1. The second-order valence-electron chi connectivity index (χ2n) is 7.46. The van der Waals surface area contributed by atoms with Gasteiger partial charge in [0.05, 0.1) is 19.0 Å². The number of aryl methyl sites for hydroxylation is 1. The first kappa shape index (κ1) is 25.4. The number of methoxy groups -OCH3 is 1. The van der Waals surface area contributed by atoms with Gasteiger partial charge in [0, 0.05) is 24.5 Å². The number of nitrogens with zero attached hydrogens (tertiary/aromatic N) is 2. The van der Waals surface area contributed by atoms with E-state index < -0.39 is 19.9 Å². The molecule has 0 aliphatic heterocycles. The minimum absolute atomic E-state index is 0.0839. The fourth-order valence-corrected chi connectivity index (χ4v) is 6.70. The van der Waals surface area contributed by atoms with E-state index in [0.29, 0.717) is 34.6 Å². The molecule has 0 aliphatic rings. The van der Waals surface area contributed by atoms with Crippen LogP contribution in [0.1, 0.15) is 16.9 Å². The van der Waals surface area contributed by atoms with E-state index in [1.165, 1.54) is 13.4 Å². The van der Waals surface area contributed by atoms with Crippen molar-refractivity contribution in [3.05, 3.63) is 52.6 Å². The maximum atomic E-state index is 13.7. The second-order valence-corrected chi connectivity index (χ2v) is 12.6. The van der Waals surface area contributed by atoms with E-state index >= 15 is 0 Å². The zero-order valence-electron chi connectivity index (χ0n) is 18.8. The topological polar surface area (TPSA) is 116 Å². The van der Waals surface area contributed by atoms with Gasteiger partial charge in [-0.15, -0.1) is 11.3 Å². The molecule has 0 saturated heterocycles. The molecule has 0 amide bonds. The van der Waals surface area contributed by atoms with Crippen LogP contribution in [0.15, 0.2) is 44.4 Å². The highest BCUT2D eigenvalue weighted by atomic mass is 32.2. The summed E-state index contributed by atoms with van der Waals surface area (Å²) in [5, 5.41) is 5.64. The van der Waals surface area contributed by atoms with Crippen molar-refractivity contribution in [1.82, 2.24) is 5.16 Å². The molecule has 0 aliphatic carbocycles. The van der Waals surface area contributed by atoms with Crippen molar-refractivity contribution in [2.24, 2.45) is 0 Å². The maximum Gasteiger partial charge on any atom is 0.277 e. The summed E-state index contributed by atoms with van der Waals surface area (Å²) >= 11 is 1.08. The molecule has 33 heavy (non-hydrogen) atoms. The molecule has 0 spiro atoms. The molecule has 0 bridgehead atoms. The van der Waals surface area contributed by atoms with Crippen molar-refractivity contribution in [2.45, 2.75) is 23.8 Å². The summed E-state index contributed by atoms with van der Waals surface area (Å²) < 4.78 is 67.5. The minimum Gasteiger partial charge on any atom is -0.382 e. The minimum atomic E-state index is -4.06. The van der Waals surface area contributed by atoms with Gasteiger partial charge in [0.25, 0.3) is 10.0 Å². The van der Waals surface area contributed by atoms with E-state index in [4.69, 9.17) is 14.0 Å². The highest BCUT2D eigenvalue weighted by molar-refractivity contribution is 7.94. The summed E-state index contributed by atoms with van der Waals surface area (Å²) in [4.78, 5) is 0. The maximum absolute atomic E-state index is 13.7. The lowest BCUT2D eigenvalue weighted by Crippen LogP contribution is -2.34. The van der Waals surface area contributed by atoms with Crippen molar-refractivity contribution >= 4 is 37.0 Å². The molecule has 0 atom stereocenters. The molecule has 0 N–H and O–H groups in total. The lowest BCUT2D eigenvalue weighted by atomic mass is 10.1. The first-order valence-electron chi connectivity index (χ1n) is 9.91. The number of ether oxygens (including phenoxy) is 2. The van der Waals surface area contributed by atoms with Crippen LogP contribution in [0.3, 0.4) is 0 Å². The van der Waals surface area contributed by atoms with E-state index in [2.05, 4.69) is 5.16 Å². The molecule has 0 unspecified atom stereocenters. The number of hydrogen-bond donors (Lipinski definition) is 0. The van der Waals surface area contributed by atoms with Crippen molar-refractivity contribution < 1.29 is 30.8 Å². The van der Waals surface area contributed by atoms with Gasteiger partial charge in [-0.3, -0.25) is 0 Å². The van der Waals surface area contributed by atoms with Gasteiger partial charge < -0.3 is 14.0 Å². The van der Waals surface area contributed by atoms with Crippen LogP contribution in [-0.4, -0.2) is 55.3 Å². The zero-order chi connectivity index (χ0) is 24.2. The summed E-state index contributed by atoms with van der Waals surface area (Å²) in [5.74, 6) is 0.585. The molecule has 0 radical (unpaired) electrons. The lowest BCUT2D eigenvalue weighted by molar-refractivity contribution is 0.0753. The van der Waals surface area contributed by atoms with Gasteiger partial charge in [0.1, 0.15) is 16.7 Å². The third-order valence-corrected chi connectivity index (χ3v) is 8.89. The Balaban J connectivity index is 1.98. The largest absolute Gasteiger partial charge is 0.382 e. The predicted molar refractivity (Wildman–Crippen MR) is 127 cm³/mol. The molecule has 12 heteroatoms. The third-order valence-electron chi connectivity index (χ3n) is 4.86. The smallest absolute Gasteiger partial charge is 0.277 e. The van der Waals surface area contributed by atoms with Gasteiger partial charge in [-0.25, -0.2) is 21.1 Å². The van der Waals surface area contributed by atoms with Crippen molar-refractivity contribution in [1.29, 1.82) is 0 Å². The molecule has 0 saturated carbocycles. The fraction of sp³-hybridized carbons (Fsp3) is 0.381. The van der Waals surface area contributed by atoms with Gasteiger partial charge in [0.15, 0.2) is 15.7 Å². The Bertz CT molecular complexity index is 1290. The van der Waals surface area contributed by atoms with Crippen LogP contribution in [0.5, 0.6) is 0 Å². The molecule has 2 aromatic heterocycles. The normalized spacial score (nSPS) is 12.2. The average Bonchev–Trinajstić information content (AvgIpc) is 3.36. The third kappa shape index (κ3) is 6.01. The standard InChI is InChI=1S/C21H26N2O7S3/c1-15-16(2)30-22-20(15)23(14-29-11-10-28-3)33(26,27)21-19(9-12-31-21)18-7-5-17(6-8-18)13-32(4,24)25/h5-9,12H,10-11,13-14H2,1-4H3. The summed E-state index contributed by atoms with van der Waals surface area (Å²) in [6.07, 6.45) is 1.17. The summed E-state index contributed by atoms with van der Waals surface area (Å²) in [5.41, 5.74) is 2.38. The number of thiophene rings is 1. The van der Waals surface area contributed by atoms with Crippen molar-refractivity contribution in [2.75, 3.05) is 37.6 Å². The molecule has 1 aromatic carbocycles. The van der Waals surface area contributed by atoms with Crippen LogP contribution in [0.2, 0.25) is 0 Å². The average molecular weight is 515 g/mol. The van der Waals surface area contributed by atoms with Gasteiger partial charge in [-0.05, 0) is 36.4 Å². The second kappa shape index (κ2) is 10.3. The molecule has 9 nitrogen and oxygen atoms in total. The Kier molecular flexibility index (Phi) is 7.96. The molecule has 3 aromatic rings. The molecule has 3 rings (SSSR count). The highest BCUT2D eigenvalue weighted by Gasteiger charge is 2.33. The van der Waals surface area contributed by atoms with Crippen LogP contribution in [0.4, 0.5) is 5.82 Å². The summed E-state index contributed by atoms with van der Waals surface area (Å²) in [6, 6.07) is 8.51. The number of hydrogen-bond acceptors (Lipinski definition) is 9. The van der Waals surface area contributed by atoms with Crippen LogP contribution in [0.25, 0.3) is 11.1 Å². The molecule has 180 valence electrons. The number of sulfonamides is 1. The number of sulfone groups is 1. The fourth-order valence-electron chi connectivity index (χ4n) is 3.07. The molecule has 0 fully saturated rings. The van der Waals surface area contributed by atoms with Crippen molar-refractivity contribution in [3.63, 3.8) is 0 Å². The van der Waals surface area contributed by atoms with Gasteiger partial charge >= 0.3 is 0 Å². The Hall–Kier alpha value is -2.25. The Labute approximate surface area is 197 Å².